The van der Waals surface area contributed by atoms with Crippen molar-refractivity contribution < 1.29 is 9.53 Å². The van der Waals surface area contributed by atoms with E-state index in [9.17, 15) is 4.79 Å². The van der Waals surface area contributed by atoms with Crippen molar-refractivity contribution in [2.24, 2.45) is 5.73 Å². The molecule has 1 fully saturated rings. The van der Waals surface area contributed by atoms with Gasteiger partial charge < -0.3 is 15.4 Å². The lowest BCUT2D eigenvalue weighted by atomic mass is 10.1. The summed E-state index contributed by atoms with van der Waals surface area (Å²) in [5.74, 6) is 0.529. The smallest absolute Gasteiger partial charge is 0.260 e. The molecule has 0 bridgehead atoms. The number of likely N-dealkylation sites (N-methyl/N-ethyl adjacent to an activating group) is 1. The third kappa shape index (κ3) is 4.12. The highest BCUT2D eigenvalue weighted by Crippen LogP contribution is 2.27. The van der Waals surface area contributed by atoms with Crippen molar-refractivity contribution in [1.82, 2.24) is 4.90 Å². The topological polar surface area (TPSA) is 55.6 Å². The fourth-order valence-corrected chi connectivity index (χ4v) is 2.32. The first-order valence-electron chi connectivity index (χ1n) is 6.90. The van der Waals surface area contributed by atoms with E-state index in [1.807, 2.05) is 26.1 Å². The number of carbonyl (C=O) groups excluding carboxylic acids is 1. The highest BCUT2D eigenvalue weighted by molar-refractivity contribution is 6.32. The number of halogens is 1. The molecule has 5 heteroatoms. The van der Waals surface area contributed by atoms with Crippen LogP contribution in [0.5, 0.6) is 5.75 Å². The van der Waals surface area contributed by atoms with Gasteiger partial charge in [0.25, 0.3) is 5.91 Å². The van der Waals surface area contributed by atoms with Crippen LogP contribution in [-0.4, -0.2) is 36.5 Å². The Balaban J connectivity index is 1.90. The number of ether oxygens (including phenoxy) is 1. The predicted octanol–water partition coefficient (Wildman–Crippen LogP) is 2.23. The number of hydrogen-bond donors (Lipinski definition) is 1. The van der Waals surface area contributed by atoms with Gasteiger partial charge in [0.2, 0.25) is 0 Å². The van der Waals surface area contributed by atoms with E-state index in [-0.39, 0.29) is 18.6 Å². The van der Waals surface area contributed by atoms with Gasteiger partial charge in [0.1, 0.15) is 5.75 Å². The van der Waals surface area contributed by atoms with Crippen molar-refractivity contribution in [3.05, 3.63) is 28.8 Å². The van der Waals surface area contributed by atoms with Crippen LogP contribution < -0.4 is 10.5 Å². The SMILES string of the molecule is CC(N)Cc1ccc(OCC(=O)N(C)C2CC2)c(Cl)c1. The largest absolute Gasteiger partial charge is 0.482 e. The van der Waals surface area contributed by atoms with E-state index in [0.29, 0.717) is 16.8 Å². The Hall–Kier alpha value is -1.26. The molecule has 110 valence electrons. The van der Waals surface area contributed by atoms with Gasteiger partial charge in [-0.05, 0) is 43.9 Å². The van der Waals surface area contributed by atoms with Gasteiger partial charge in [0.15, 0.2) is 6.61 Å². The molecule has 0 saturated heterocycles. The maximum Gasteiger partial charge on any atom is 0.260 e. The summed E-state index contributed by atoms with van der Waals surface area (Å²) in [5, 5.41) is 0.519. The summed E-state index contributed by atoms with van der Waals surface area (Å²) in [6.07, 6.45) is 2.95. The lowest BCUT2D eigenvalue weighted by Gasteiger charge is -2.17. The fraction of sp³-hybridized carbons (Fsp3) is 0.533. The Kier molecular flexibility index (Phi) is 4.89. The highest BCUT2D eigenvalue weighted by atomic mass is 35.5. The van der Waals surface area contributed by atoms with Gasteiger partial charge in [-0.25, -0.2) is 0 Å². The Morgan fingerprint density at radius 1 is 1.55 bits per heavy atom. The van der Waals surface area contributed by atoms with Gasteiger partial charge in [-0.3, -0.25) is 4.79 Å². The van der Waals surface area contributed by atoms with Gasteiger partial charge in [-0.15, -0.1) is 0 Å². The van der Waals surface area contributed by atoms with Gasteiger partial charge in [0, 0.05) is 19.1 Å². The first-order chi connectivity index (χ1) is 9.47. The molecule has 4 nitrogen and oxygen atoms in total. The van der Waals surface area contributed by atoms with Crippen molar-refractivity contribution in [3.8, 4) is 5.75 Å². The summed E-state index contributed by atoms with van der Waals surface area (Å²) in [5.41, 5.74) is 6.82. The molecular formula is C15H21ClN2O2. The monoisotopic (exact) mass is 296 g/mol. The predicted molar refractivity (Wildman–Crippen MR) is 80.1 cm³/mol. The molecule has 20 heavy (non-hydrogen) atoms. The van der Waals surface area contributed by atoms with Gasteiger partial charge >= 0.3 is 0 Å². The Morgan fingerprint density at radius 2 is 2.25 bits per heavy atom. The Labute approximate surface area is 124 Å². The molecule has 0 spiro atoms. The number of rotatable bonds is 6. The summed E-state index contributed by atoms with van der Waals surface area (Å²) < 4.78 is 5.50. The molecule has 0 aromatic heterocycles. The minimum Gasteiger partial charge on any atom is -0.482 e. The summed E-state index contributed by atoms with van der Waals surface area (Å²) in [6.45, 7) is 1.98. The minimum atomic E-state index is -0.0109. The van der Waals surface area contributed by atoms with Crippen molar-refractivity contribution in [1.29, 1.82) is 0 Å². The normalized spacial score (nSPS) is 15.8. The quantitative estimate of drug-likeness (QED) is 0.876. The van der Waals surface area contributed by atoms with E-state index >= 15 is 0 Å². The van der Waals surface area contributed by atoms with Crippen molar-refractivity contribution in [3.63, 3.8) is 0 Å². The molecule has 0 radical (unpaired) electrons. The number of nitrogens with zero attached hydrogens (tertiary/aromatic N) is 1. The molecule has 1 aromatic carbocycles. The zero-order valence-corrected chi connectivity index (χ0v) is 12.7. The van der Waals surface area contributed by atoms with Crippen LogP contribution in [-0.2, 0) is 11.2 Å². The maximum atomic E-state index is 11.9. The molecule has 0 heterocycles. The summed E-state index contributed by atoms with van der Waals surface area (Å²) >= 11 is 6.16. The van der Waals surface area contributed by atoms with E-state index < -0.39 is 0 Å². The average molecular weight is 297 g/mol. The summed E-state index contributed by atoms with van der Waals surface area (Å²) in [6, 6.07) is 6.06. The Morgan fingerprint density at radius 3 is 2.80 bits per heavy atom. The van der Waals surface area contributed by atoms with Gasteiger partial charge in [-0.2, -0.15) is 0 Å². The molecule has 1 amide bonds. The molecule has 1 saturated carbocycles. The molecule has 1 aromatic rings. The summed E-state index contributed by atoms with van der Waals surface area (Å²) in [4.78, 5) is 13.6. The van der Waals surface area contributed by atoms with E-state index in [0.717, 1.165) is 24.8 Å². The number of nitrogens with two attached hydrogens (primary N) is 1. The first kappa shape index (κ1) is 15.1. The van der Waals surface area contributed by atoms with E-state index in [2.05, 4.69) is 0 Å². The van der Waals surface area contributed by atoms with Crippen LogP contribution in [0.2, 0.25) is 5.02 Å². The zero-order chi connectivity index (χ0) is 14.7. The second kappa shape index (κ2) is 6.46. The molecule has 2 N–H and O–H groups in total. The number of hydrogen-bond acceptors (Lipinski definition) is 3. The van der Waals surface area contributed by atoms with Crippen LogP contribution in [0, 0.1) is 0 Å². The number of carbonyl (C=O) groups is 1. The van der Waals surface area contributed by atoms with E-state index in [1.54, 1.807) is 11.0 Å². The minimum absolute atomic E-state index is 0.0109. The average Bonchev–Trinajstić information content (AvgIpc) is 3.20. The molecule has 0 aliphatic heterocycles. The zero-order valence-electron chi connectivity index (χ0n) is 11.9. The second-order valence-electron chi connectivity index (χ2n) is 5.47. The van der Waals surface area contributed by atoms with E-state index in [4.69, 9.17) is 22.1 Å². The molecule has 1 unspecified atom stereocenters. The second-order valence-corrected chi connectivity index (χ2v) is 5.88. The van der Waals surface area contributed by atoms with Crippen molar-refractivity contribution >= 4 is 17.5 Å². The molecular weight excluding hydrogens is 276 g/mol. The van der Waals surface area contributed by atoms with Crippen molar-refractivity contribution in [2.75, 3.05) is 13.7 Å². The molecule has 1 aliphatic carbocycles. The Bertz CT molecular complexity index is 487. The molecule has 1 atom stereocenters. The van der Waals surface area contributed by atoms with Crippen LogP contribution in [0.1, 0.15) is 25.3 Å². The first-order valence-corrected chi connectivity index (χ1v) is 7.27. The van der Waals surface area contributed by atoms with Crippen molar-refractivity contribution in [2.45, 2.75) is 38.3 Å². The van der Waals surface area contributed by atoms with Gasteiger partial charge in [-0.1, -0.05) is 17.7 Å². The number of benzene rings is 1. The standard InChI is InChI=1S/C15H21ClN2O2/c1-10(17)7-11-3-6-14(13(16)8-11)20-9-15(19)18(2)12-4-5-12/h3,6,8,10,12H,4-5,7,9,17H2,1-2H3. The lowest BCUT2D eigenvalue weighted by molar-refractivity contribution is -0.132. The summed E-state index contributed by atoms with van der Waals surface area (Å²) in [7, 11) is 1.82. The van der Waals surface area contributed by atoms with Crippen LogP contribution in [0.4, 0.5) is 0 Å². The molecule has 2 rings (SSSR count). The maximum absolute atomic E-state index is 11.9. The van der Waals surface area contributed by atoms with Crippen LogP contribution in [0.3, 0.4) is 0 Å². The number of amides is 1. The van der Waals surface area contributed by atoms with Crippen LogP contribution >= 0.6 is 11.6 Å². The van der Waals surface area contributed by atoms with Crippen LogP contribution in [0.25, 0.3) is 0 Å². The van der Waals surface area contributed by atoms with E-state index in [1.165, 1.54) is 0 Å². The third-order valence-corrected chi connectivity index (χ3v) is 3.69. The van der Waals surface area contributed by atoms with Gasteiger partial charge in [0.05, 0.1) is 5.02 Å². The van der Waals surface area contributed by atoms with Crippen LogP contribution in [0.15, 0.2) is 18.2 Å². The fourth-order valence-electron chi connectivity index (χ4n) is 2.07. The third-order valence-electron chi connectivity index (χ3n) is 3.39. The lowest BCUT2D eigenvalue weighted by Crippen LogP contribution is -2.33. The highest BCUT2D eigenvalue weighted by Gasteiger charge is 2.29. The molecule has 1 aliphatic rings.